The first kappa shape index (κ1) is 14.5. The lowest BCUT2D eigenvalue weighted by Crippen LogP contribution is -2.51. The Balaban J connectivity index is 1.91. The van der Waals surface area contributed by atoms with Gasteiger partial charge >= 0.3 is 0 Å². The summed E-state index contributed by atoms with van der Waals surface area (Å²) in [5.74, 6) is 0. The highest BCUT2D eigenvalue weighted by atomic mass is 16.3. The van der Waals surface area contributed by atoms with Crippen molar-refractivity contribution in [1.29, 1.82) is 0 Å². The first-order valence-corrected chi connectivity index (χ1v) is 7.38. The Morgan fingerprint density at radius 3 is 2.21 bits per heavy atom. The molecule has 0 atom stereocenters. The average molecular weight is 262 g/mol. The third-order valence-corrected chi connectivity index (χ3v) is 4.30. The van der Waals surface area contributed by atoms with Crippen LogP contribution in [0.3, 0.4) is 0 Å². The van der Waals surface area contributed by atoms with Crippen LogP contribution < -0.4 is 5.32 Å². The highest BCUT2D eigenvalue weighted by molar-refractivity contribution is 5.36. The number of rotatable bonds is 7. The molecular formula is C16H26N2O. The average Bonchev–Trinajstić information content (AvgIpc) is 2.82. The summed E-state index contributed by atoms with van der Waals surface area (Å²) in [4.78, 5) is 2.40. The predicted molar refractivity (Wildman–Crippen MR) is 79.5 cm³/mol. The summed E-state index contributed by atoms with van der Waals surface area (Å²) in [6, 6.07) is 8.53. The molecule has 0 fully saturated rings. The molecule has 0 spiro atoms. The smallest absolute Gasteiger partial charge is 0.0619 e. The quantitative estimate of drug-likeness (QED) is 0.781. The Hall–Kier alpha value is -0.900. The van der Waals surface area contributed by atoms with Crippen molar-refractivity contribution in [3.63, 3.8) is 0 Å². The predicted octanol–water partition coefficient (Wildman–Crippen LogP) is 1.45. The minimum absolute atomic E-state index is 0.142. The van der Waals surface area contributed by atoms with Crippen molar-refractivity contribution in [2.45, 2.75) is 32.2 Å². The van der Waals surface area contributed by atoms with Gasteiger partial charge in [-0.3, -0.25) is 0 Å². The number of hydrogen-bond donors (Lipinski definition) is 2. The lowest BCUT2D eigenvalue weighted by atomic mass is 9.97. The number of aliphatic hydroxyl groups excluding tert-OH is 1. The summed E-state index contributed by atoms with van der Waals surface area (Å²) in [5, 5.41) is 13.4. The maximum Gasteiger partial charge on any atom is 0.0619 e. The van der Waals surface area contributed by atoms with Gasteiger partial charge in [0.1, 0.15) is 0 Å². The zero-order valence-electron chi connectivity index (χ0n) is 12.2. The van der Waals surface area contributed by atoms with E-state index in [1.54, 1.807) is 0 Å². The highest BCUT2D eigenvalue weighted by Gasteiger charge is 2.35. The van der Waals surface area contributed by atoms with Crippen LogP contribution in [0.25, 0.3) is 0 Å². The van der Waals surface area contributed by atoms with E-state index in [0.29, 0.717) is 0 Å². The van der Waals surface area contributed by atoms with E-state index in [2.05, 4.69) is 48.3 Å². The van der Waals surface area contributed by atoms with Crippen molar-refractivity contribution < 1.29 is 5.11 Å². The second-order valence-electron chi connectivity index (χ2n) is 5.51. The van der Waals surface area contributed by atoms with Crippen LogP contribution in [0.5, 0.6) is 0 Å². The summed E-state index contributed by atoms with van der Waals surface area (Å²) in [6.45, 7) is 8.75. The molecule has 1 aromatic rings. The Bertz CT molecular complexity index is 376. The number of aliphatic hydroxyl groups is 1. The van der Waals surface area contributed by atoms with Crippen LogP contribution in [0.4, 0.5) is 0 Å². The number of likely N-dealkylation sites (N-methyl/N-ethyl adjacent to an activating group) is 1. The molecular weight excluding hydrogens is 236 g/mol. The Morgan fingerprint density at radius 1 is 1.16 bits per heavy atom. The van der Waals surface area contributed by atoms with Crippen LogP contribution in [-0.2, 0) is 12.8 Å². The third kappa shape index (κ3) is 3.35. The summed E-state index contributed by atoms with van der Waals surface area (Å²) >= 11 is 0. The SMILES string of the molecule is CCN(CC)CCNC1(CO)Cc2ccccc2C1. The maximum atomic E-state index is 9.79. The van der Waals surface area contributed by atoms with E-state index in [4.69, 9.17) is 0 Å². The van der Waals surface area contributed by atoms with Crippen molar-refractivity contribution >= 4 is 0 Å². The van der Waals surface area contributed by atoms with Crippen LogP contribution in [0.15, 0.2) is 24.3 Å². The van der Waals surface area contributed by atoms with E-state index in [-0.39, 0.29) is 12.1 Å². The van der Waals surface area contributed by atoms with Gasteiger partial charge in [-0.1, -0.05) is 38.1 Å². The summed E-state index contributed by atoms with van der Waals surface area (Å²) < 4.78 is 0. The van der Waals surface area contributed by atoms with E-state index in [1.165, 1.54) is 11.1 Å². The lowest BCUT2D eigenvalue weighted by Gasteiger charge is -2.30. The molecule has 0 heterocycles. The number of nitrogens with zero attached hydrogens (tertiary/aromatic N) is 1. The van der Waals surface area contributed by atoms with Crippen molar-refractivity contribution in [3.8, 4) is 0 Å². The molecule has 1 aromatic carbocycles. The Morgan fingerprint density at radius 2 is 1.74 bits per heavy atom. The normalized spacial score (nSPS) is 16.8. The zero-order chi connectivity index (χ0) is 13.7. The first-order valence-electron chi connectivity index (χ1n) is 7.38. The van der Waals surface area contributed by atoms with Gasteiger partial charge in [-0.05, 0) is 37.1 Å². The zero-order valence-corrected chi connectivity index (χ0v) is 12.2. The molecule has 106 valence electrons. The molecule has 0 unspecified atom stereocenters. The van der Waals surface area contributed by atoms with Gasteiger partial charge in [-0.15, -0.1) is 0 Å². The number of fused-ring (bicyclic) bond motifs is 1. The lowest BCUT2D eigenvalue weighted by molar-refractivity contribution is 0.161. The molecule has 3 heteroatoms. The summed E-state index contributed by atoms with van der Waals surface area (Å²) in [7, 11) is 0. The number of nitrogens with one attached hydrogen (secondary N) is 1. The molecule has 0 aromatic heterocycles. The van der Waals surface area contributed by atoms with Crippen LogP contribution in [-0.4, -0.2) is 48.3 Å². The first-order chi connectivity index (χ1) is 9.23. The fourth-order valence-corrected chi connectivity index (χ4v) is 3.01. The van der Waals surface area contributed by atoms with Gasteiger partial charge in [-0.2, -0.15) is 0 Å². The molecule has 1 aliphatic carbocycles. The second kappa shape index (κ2) is 6.51. The number of benzene rings is 1. The van der Waals surface area contributed by atoms with E-state index < -0.39 is 0 Å². The van der Waals surface area contributed by atoms with Gasteiger partial charge in [0.25, 0.3) is 0 Å². The van der Waals surface area contributed by atoms with Gasteiger partial charge in [0, 0.05) is 18.6 Å². The Kier molecular flexibility index (Phi) is 4.97. The van der Waals surface area contributed by atoms with Gasteiger partial charge in [0.2, 0.25) is 0 Å². The van der Waals surface area contributed by atoms with Crippen molar-refractivity contribution in [2.75, 3.05) is 32.8 Å². The van der Waals surface area contributed by atoms with E-state index in [1.807, 2.05) is 0 Å². The standard InChI is InChI=1S/C16H26N2O/c1-3-18(4-2)10-9-17-16(13-19)11-14-7-5-6-8-15(14)12-16/h5-8,17,19H,3-4,9-13H2,1-2H3. The molecule has 19 heavy (non-hydrogen) atoms. The largest absolute Gasteiger partial charge is 0.394 e. The van der Waals surface area contributed by atoms with Crippen molar-refractivity contribution in [2.24, 2.45) is 0 Å². The van der Waals surface area contributed by atoms with Gasteiger partial charge in [0.05, 0.1) is 6.61 Å². The molecule has 0 saturated carbocycles. The van der Waals surface area contributed by atoms with Crippen LogP contribution in [0, 0.1) is 0 Å². The Labute approximate surface area is 116 Å². The van der Waals surface area contributed by atoms with Gasteiger partial charge in [-0.25, -0.2) is 0 Å². The van der Waals surface area contributed by atoms with Gasteiger partial charge in [0.15, 0.2) is 0 Å². The van der Waals surface area contributed by atoms with Gasteiger partial charge < -0.3 is 15.3 Å². The molecule has 0 amide bonds. The third-order valence-electron chi connectivity index (χ3n) is 4.30. The van der Waals surface area contributed by atoms with Crippen LogP contribution >= 0.6 is 0 Å². The molecule has 0 aliphatic heterocycles. The minimum atomic E-state index is -0.142. The number of hydrogen-bond acceptors (Lipinski definition) is 3. The second-order valence-corrected chi connectivity index (χ2v) is 5.51. The van der Waals surface area contributed by atoms with Crippen molar-refractivity contribution in [1.82, 2.24) is 10.2 Å². The van der Waals surface area contributed by atoms with E-state index >= 15 is 0 Å². The summed E-state index contributed by atoms with van der Waals surface area (Å²) in [6.07, 6.45) is 1.88. The minimum Gasteiger partial charge on any atom is -0.394 e. The fourth-order valence-electron chi connectivity index (χ4n) is 3.01. The van der Waals surface area contributed by atoms with Crippen LogP contribution in [0.2, 0.25) is 0 Å². The topological polar surface area (TPSA) is 35.5 Å². The summed E-state index contributed by atoms with van der Waals surface area (Å²) in [5.41, 5.74) is 2.62. The molecule has 0 saturated heterocycles. The monoisotopic (exact) mass is 262 g/mol. The van der Waals surface area contributed by atoms with E-state index in [0.717, 1.165) is 39.0 Å². The van der Waals surface area contributed by atoms with E-state index in [9.17, 15) is 5.11 Å². The fraction of sp³-hybridized carbons (Fsp3) is 0.625. The molecule has 0 radical (unpaired) electrons. The van der Waals surface area contributed by atoms with Crippen LogP contribution in [0.1, 0.15) is 25.0 Å². The molecule has 0 bridgehead atoms. The highest BCUT2D eigenvalue weighted by Crippen LogP contribution is 2.29. The maximum absolute atomic E-state index is 9.79. The molecule has 2 rings (SSSR count). The molecule has 2 N–H and O–H groups in total. The molecule has 1 aliphatic rings. The van der Waals surface area contributed by atoms with Crippen molar-refractivity contribution in [3.05, 3.63) is 35.4 Å². The molecule has 3 nitrogen and oxygen atoms in total.